The van der Waals surface area contributed by atoms with E-state index in [1.165, 1.54) is 186 Å². The van der Waals surface area contributed by atoms with Crippen LogP contribution in [0, 0.1) is 0 Å². The molecule has 1 N–H and O–H groups in total. The predicted octanol–water partition coefficient (Wildman–Crippen LogP) is 16.0. The fourth-order valence-electron chi connectivity index (χ4n) is 7.42. The molecule has 344 valence electrons. The molecule has 0 fully saturated rings. The van der Waals surface area contributed by atoms with E-state index in [-0.39, 0.29) is 19.0 Å². The zero-order chi connectivity index (χ0) is 42.5. The fourth-order valence-corrected chi connectivity index (χ4v) is 7.88. The highest BCUT2D eigenvalue weighted by Gasteiger charge is 2.24. The molecule has 0 rings (SSSR count). The topological polar surface area (TPSA) is 108 Å². The minimum Gasteiger partial charge on any atom is -0.462 e. The van der Waals surface area contributed by atoms with Crippen molar-refractivity contribution in [1.82, 2.24) is 0 Å². The van der Waals surface area contributed by atoms with Crippen molar-refractivity contribution in [2.75, 3.05) is 20.3 Å². The lowest BCUT2D eigenvalue weighted by Crippen LogP contribution is -2.29. The molecule has 0 aliphatic carbocycles. The number of hydrogen-bond acceptors (Lipinski definition) is 7. The van der Waals surface area contributed by atoms with Crippen molar-refractivity contribution in [1.29, 1.82) is 0 Å². The van der Waals surface area contributed by atoms with E-state index >= 15 is 0 Å². The smallest absolute Gasteiger partial charge is 0.462 e. The lowest BCUT2D eigenvalue weighted by atomic mass is 10.0. The van der Waals surface area contributed by atoms with Crippen LogP contribution in [-0.2, 0) is 32.7 Å². The van der Waals surface area contributed by atoms with Crippen molar-refractivity contribution < 1.29 is 37.6 Å². The van der Waals surface area contributed by atoms with E-state index in [0.29, 0.717) is 12.8 Å². The lowest BCUT2D eigenvalue weighted by molar-refractivity contribution is -0.161. The molecule has 0 bridgehead atoms. The Hall–Kier alpha value is -1.21. The number of carbonyl (C=O) groups excluding carboxylic acids is 2. The van der Waals surface area contributed by atoms with Crippen LogP contribution in [0.3, 0.4) is 0 Å². The molecule has 0 aliphatic heterocycles. The van der Waals surface area contributed by atoms with Crippen LogP contribution in [0.1, 0.15) is 264 Å². The van der Waals surface area contributed by atoms with E-state index in [0.717, 1.165) is 52.1 Å². The normalized spacial score (nSPS) is 13.2. The molecule has 0 saturated heterocycles. The van der Waals surface area contributed by atoms with Gasteiger partial charge in [0.05, 0.1) is 6.61 Å². The van der Waals surface area contributed by atoms with E-state index in [2.05, 4.69) is 30.5 Å². The maximum Gasteiger partial charge on any atom is 0.472 e. The van der Waals surface area contributed by atoms with Crippen molar-refractivity contribution in [3.63, 3.8) is 0 Å². The molecule has 0 saturated carbocycles. The standard InChI is InChI=1S/C49H95O8P/c1-4-6-8-10-12-14-16-18-20-22-23-24-25-26-28-29-31-33-35-37-39-41-43-48(50)55-45-47(46-56-58(52,53)54-3)57-49(51)44-42-40-38-36-34-32-30-27-21-19-17-15-13-11-9-7-5-2/h19,21,47H,4-18,20,22-46H2,1-3H3,(H,52,53)/b21-19-. The van der Waals surface area contributed by atoms with Gasteiger partial charge in [-0.25, -0.2) is 4.57 Å². The molecule has 8 nitrogen and oxygen atoms in total. The highest BCUT2D eigenvalue weighted by molar-refractivity contribution is 7.47. The number of hydrogen-bond donors (Lipinski definition) is 1. The lowest BCUT2D eigenvalue weighted by Gasteiger charge is -2.19. The molecule has 9 heteroatoms. The van der Waals surface area contributed by atoms with Gasteiger partial charge in [-0.05, 0) is 38.5 Å². The fraction of sp³-hybridized carbons (Fsp3) is 0.918. The van der Waals surface area contributed by atoms with Crippen LogP contribution < -0.4 is 0 Å². The quantitative estimate of drug-likeness (QED) is 0.0279. The molecule has 0 radical (unpaired) electrons. The summed E-state index contributed by atoms with van der Waals surface area (Å²) in [6.07, 6.45) is 51.3. The second-order valence-electron chi connectivity index (χ2n) is 17.0. The second-order valence-corrected chi connectivity index (χ2v) is 18.5. The summed E-state index contributed by atoms with van der Waals surface area (Å²) in [5.41, 5.74) is 0. The maximum absolute atomic E-state index is 12.5. The molecule has 2 atom stereocenters. The second kappa shape index (κ2) is 45.3. The summed E-state index contributed by atoms with van der Waals surface area (Å²) in [5.74, 6) is -0.792. The van der Waals surface area contributed by atoms with Gasteiger partial charge < -0.3 is 14.4 Å². The molecule has 58 heavy (non-hydrogen) atoms. The third-order valence-electron chi connectivity index (χ3n) is 11.3. The van der Waals surface area contributed by atoms with Gasteiger partial charge in [-0.3, -0.25) is 18.6 Å². The SMILES string of the molecule is CCCCCCCC/C=C\CCCCCCCCCC(=O)OC(COC(=O)CCCCCCCCCCCCCCCCCCCCCCCC)COP(=O)(O)OC. The minimum absolute atomic E-state index is 0.220. The summed E-state index contributed by atoms with van der Waals surface area (Å²) in [6.45, 7) is 3.93. The molecule has 2 unspecified atom stereocenters. The van der Waals surface area contributed by atoms with Crippen molar-refractivity contribution in [3.05, 3.63) is 12.2 Å². The van der Waals surface area contributed by atoms with E-state index in [9.17, 15) is 19.0 Å². The predicted molar refractivity (Wildman–Crippen MR) is 244 cm³/mol. The summed E-state index contributed by atoms with van der Waals surface area (Å²) in [5, 5.41) is 0. The molecule has 0 spiro atoms. The summed E-state index contributed by atoms with van der Waals surface area (Å²) in [7, 11) is -3.19. The zero-order valence-electron chi connectivity index (χ0n) is 38.5. The number of esters is 2. The molecule has 0 amide bonds. The molecule has 0 aromatic carbocycles. The van der Waals surface area contributed by atoms with E-state index in [4.69, 9.17) is 14.0 Å². The molecule has 0 aromatic heterocycles. The van der Waals surface area contributed by atoms with Crippen molar-refractivity contribution >= 4 is 19.8 Å². The molecular formula is C49H95O8P. The summed E-state index contributed by atoms with van der Waals surface area (Å²) in [4.78, 5) is 34.6. The Morgan fingerprint density at radius 2 is 0.776 bits per heavy atom. The highest BCUT2D eigenvalue weighted by Crippen LogP contribution is 2.42. The van der Waals surface area contributed by atoms with Crippen LogP contribution in [0.2, 0.25) is 0 Å². The van der Waals surface area contributed by atoms with Crippen LogP contribution in [0.4, 0.5) is 0 Å². The first-order valence-electron chi connectivity index (χ1n) is 24.9. The highest BCUT2D eigenvalue weighted by atomic mass is 31.2. The first-order chi connectivity index (χ1) is 28.3. The number of phosphoric ester groups is 1. The van der Waals surface area contributed by atoms with Gasteiger partial charge in [0, 0.05) is 20.0 Å². The first-order valence-corrected chi connectivity index (χ1v) is 26.4. The Morgan fingerprint density at radius 1 is 0.466 bits per heavy atom. The van der Waals surface area contributed by atoms with Gasteiger partial charge in [0.1, 0.15) is 6.61 Å². The summed E-state index contributed by atoms with van der Waals surface area (Å²) in [6, 6.07) is 0. The number of ether oxygens (including phenoxy) is 2. The van der Waals surface area contributed by atoms with E-state index in [1.54, 1.807) is 0 Å². The number of allylic oxidation sites excluding steroid dienone is 2. The average Bonchev–Trinajstić information content (AvgIpc) is 3.21. The Labute approximate surface area is 359 Å². The Bertz CT molecular complexity index is 957. The van der Waals surface area contributed by atoms with E-state index < -0.39 is 26.5 Å². The zero-order valence-corrected chi connectivity index (χ0v) is 39.4. The van der Waals surface area contributed by atoms with Gasteiger partial charge in [0.2, 0.25) is 0 Å². The minimum atomic E-state index is -4.26. The van der Waals surface area contributed by atoms with Gasteiger partial charge >= 0.3 is 19.8 Å². The first kappa shape index (κ1) is 56.8. The Balaban J connectivity index is 3.86. The van der Waals surface area contributed by atoms with Crippen LogP contribution in [0.5, 0.6) is 0 Å². The largest absolute Gasteiger partial charge is 0.472 e. The van der Waals surface area contributed by atoms with Crippen molar-refractivity contribution in [2.45, 2.75) is 270 Å². The number of phosphoric acid groups is 1. The van der Waals surface area contributed by atoms with Crippen LogP contribution in [0.25, 0.3) is 0 Å². The number of rotatable bonds is 47. The molecular weight excluding hydrogens is 748 g/mol. The van der Waals surface area contributed by atoms with Gasteiger partial charge in [-0.1, -0.05) is 225 Å². The van der Waals surface area contributed by atoms with Gasteiger partial charge in [0.15, 0.2) is 6.10 Å². The van der Waals surface area contributed by atoms with Gasteiger partial charge in [-0.15, -0.1) is 0 Å². The number of carbonyl (C=O) groups is 2. The third kappa shape index (κ3) is 44.3. The Morgan fingerprint density at radius 3 is 1.12 bits per heavy atom. The third-order valence-corrected chi connectivity index (χ3v) is 12.2. The molecule has 0 aliphatic rings. The van der Waals surface area contributed by atoms with Gasteiger partial charge in [0.25, 0.3) is 0 Å². The summed E-state index contributed by atoms with van der Waals surface area (Å²) >= 11 is 0. The maximum atomic E-state index is 12.5. The van der Waals surface area contributed by atoms with Crippen LogP contribution in [-0.4, -0.2) is 43.3 Å². The summed E-state index contributed by atoms with van der Waals surface area (Å²) < 4.78 is 32.1. The number of unbranched alkanes of at least 4 members (excludes halogenated alkanes) is 34. The average molecular weight is 843 g/mol. The van der Waals surface area contributed by atoms with Crippen LogP contribution >= 0.6 is 7.82 Å². The van der Waals surface area contributed by atoms with Crippen molar-refractivity contribution in [2.24, 2.45) is 0 Å². The van der Waals surface area contributed by atoms with Gasteiger partial charge in [-0.2, -0.15) is 0 Å². The van der Waals surface area contributed by atoms with E-state index in [1.807, 2.05) is 0 Å². The molecule has 0 heterocycles. The van der Waals surface area contributed by atoms with Crippen LogP contribution in [0.15, 0.2) is 12.2 Å². The Kier molecular flexibility index (Phi) is 44.4. The van der Waals surface area contributed by atoms with Crippen molar-refractivity contribution in [3.8, 4) is 0 Å². The molecule has 0 aromatic rings. The monoisotopic (exact) mass is 843 g/mol.